The Morgan fingerprint density at radius 3 is 2.46 bits per heavy atom. The number of thioether (sulfide) groups is 1. The number of hydrogen-bond acceptors (Lipinski definition) is 3. The van der Waals surface area contributed by atoms with E-state index in [2.05, 4.69) is 0 Å². The fourth-order valence-corrected chi connectivity index (χ4v) is 2.07. The average molecular weight is 214 g/mol. The van der Waals surface area contributed by atoms with E-state index in [1.807, 2.05) is 19.1 Å². The third kappa shape index (κ3) is 2.97. The first-order valence-electron chi connectivity index (χ1n) is 3.86. The van der Waals surface area contributed by atoms with Crippen LogP contribution in [-0.4, -0.2) is 15.6 Å². The highest BCUT2D eigenvalue weighted by Crippen LogP contribution is 2.17. The molecule has 0 fully saturated rings. The van der Waals surface area contributed by atoms with Gasteiger partial charge in [-0.05, 0) is 24.3 Å². The molecular weight excluding hydrogens is 204 g/mol. The van der Waals surface area contributed by atoms with Crippen molar-refractivity contribution in [3.63, 3.8) is 0 Å². The van der Waals surface area contributed by atoms with E-state index in [1.54, 1.807) is 12.1 Å². The maximum absolute atomic E-state index is 11.3. The van der Waals surface area contributed by atoms with Gasteiger partial charge in [-0.15, -0.1) is 0 Å². The quantitative estimate of drug-likeness (QED) is 0.568. The summed E-state index contributed by atoms with van der Waals surface area (Å²) in [5, 5.41) is 0. The van der Waals surface area contributed by atoms with Crippen molar-refractivity contribution in [3.05, 3.63) is 24.3 Å². The third-order valence-corrected chi connectivity index (χ3v) is 3.50. The van der Waals surface area contributed by atoms with E-state index in [9.17, 15) is 9.00 Å². The Labute approximate surface area is 84.2 Å². The van der Waals surface area contributed by atoms with Crippen LogP contribution in [0.15, 0.2) is 34.1 Å². The zero-order valence-corrected chi connectivity index (χ0v) is 8.86. The molecule has 0 amide bonds. The first-order valence-corrected chi connectivity index (χ1v) is 6.06. The van der Waals surface area contributed by atoms with Crippen molar-refractivity contribution in [2.24, 2.45) is 0 Å². The summed E-state index contributed by atoms with van der Waals surface area (Å²) in [6, 6.07) is 7.21. The molecule has 1 unspecified atom stereocenters. The summed E-state index contributed by atoms with van der Waals surface area (Å²) in [6.07, 6.45) is 0. The molecule has 0 heterocycles. The van der Waals surface area contributed by atoms with Crippen LogP contribution in [0.5, 0.6) is 0 Å². The molecule has 0 aromatic heterocycles. The van der Waals surface area contributed by atoms with Gasteiger partial charge in [0.15, 0.2) is 5.62 Å². The van der Waals surface area contributed by atoms with Crippen LogP contribution in [0.25, 0.3) is 0 Å². The standard InChI is InChI=1S/C9H10O2S2/c1-2-13(11)9-5-3-8(4-6-9)12-7-10/h3-7H,2H2,1H3. The molecule has 13 heavy (non-hydrogen) atoms. The number of hydrogen-bond donors (Lipinski definition) is 0. The van der Waals surface area contributed by atoms with Crippen LogP contribution in [0.3, 0.4) is 0 Å². The maximum atomic E-state index is 11.3. The molecule has 70 valence electrons. The Morgan fingerprint density at radius 1 is 1.38 bits per heavy atom. The molecule has 0 spiro atoms. The molecule has 2 nitrogen and oxygen atoms in total. The van der Waals surface area contributed by atoms with Gasteiger partial charge in [0, 0.05) is 15.5 Å². The molecule has 1 aromatic rings. The van der Waals surface area contributed by atoms with E-state index in [4.69, 9.17) is 0 Å². The Hall–Kier alpha value is -0.610. The van der Waals surface area contributed by atoms with Crippen LogP contribution in [0.2, 0.25) is 0 Å². The van der Waals surface area contributed by atoms with Crippen molar-refractivity contribution in [1.82, 2.24) is 0 Å². The molecule has 1 atom stereocenters. The zero-order valence-electron chi connectivity index (χ0n) is 7.23. The first kappa shape index (κ1) is 10.5. The smallest absolute Gasteiger partial charge is 0.180 e. The Morgan fingerprint density at radius 2 is 2.00 bits per heavy atom. The minimum absolute atomic E-state index is 0.625. The molecular formula is C9H10O2S2. The molecule has 0 aliphatic rings. The SMILES string of the molecule is CCS(=O)c1ccc(SC=O)cc1. The lowest BCUT2D eigenvalue weighted by atomic mass is 10.4. The molecule has 0 aliphatic carbocycles. The second kappa shape index (κ2) is 5.19. The van der Waals surface area contributed by atoms with Crippen molar-refractivity contribution in [3.8, 4) is 0 Å². The number of rotatable bonds is 4. The topological polar surface area (TPSA) is 34.1 Å². The Balaban J connectivity index is 2.80. The minimum Gasteiger partial charge on any atom is -0.291 e. The van der Waals surface area contributed by atoms with E-state index in [1.165, 1.54) is 0 Å². The van der Waals surface area contributed by atoms with Crippen LogP contribution in [0.4, 0.5) is 0 Å². The molecule has 4 heteroatoms. The summed E-state index contributed by atoms with van der Waals surface area (Å²) in [5.41, 5.74) is 0.784. The van der Waals surface area contributed by atoms with Crippen molar-refractivity contribution in [1.29, 1.82) is 0 Å². The molecule has 0 bridgehead atoms. The number of carbonyl (C=O) groups excluding carboxylic acids is 1. The van der Waals surface area contributed by atoms with E-state index < -0.39 is 10.8 Å². The summed E-state index contributed by atoms with van der Waals surface area (Å²) in [6.45, 7) is 1.88. The predicted molar refractivity (Wildman–Crippen MR) is 56.0 cm³/mol. The third-order valence-electron chi connectivity index (χ3n) is 1.53. The van der Waals surface area contributed by atoms with E-state index in [0.717, 1.165) is 27.2 Å². The van der Waals surface area contributed by atoms with Gasteiger partial charge in [0.25, 0.3) is 0 Å². The molecule has 1 rings (SSSR count). The zero-order chi connectivity index (χ0) is 9.68. The fraction of sp³-hybridized carbons (Fsp3) is 0.222. The fourth-order valence-electron chi connectivity index (χ4n) is 0.892. The first-order chi connectivity index (χ1) is 6.27. The Kier molecular flexibility index (Phi) is 4.18. The highest BCUT2D eigenvalue weighted by molar-refractivity contribution is 8.11. The lowest BCUT2D eigenvalue weighted by molar-refractivity contribution is 0.570. The molecule has 1 aromatic carbocycles. The van der Waals surface area contributed by atoms with Crippen molar-refractivity contribution in [2.45, 2.75) is 16.7 Å². The maximum Gasteiger partial charge on any atom is 0.180 e. The van der Waals surface area contributed by atoms with Crippen LogP contribution < -0.4 is 0 Å². The van der Waals surface area contributed by atoms with Gasteiger partial charge >= 0.3 is 0 Å². The monoisotopic (exact) mass is 214 g/mol. The largest absolute Gasteiger partial charge is 0.291 e. The molecule has 0 saturated carbocycles. The van der Waals surface area contributed by atoms with Gasteiger partial charge in [-0.1, -0.05) is 18.7 Å². The molecule has 0 radical (unpaired) electrons. The lowest BCUT2D eigenvalue weighted by Crippen LogP contribution is -1.92. The minimum atomic E-state index is -0.900. The highest BCUT2D eigenvalue weighted by Gasteiger charge is 2.00. The van der Waals surface area contributed by atoms with Gasteiger partial charge < -0.3 is 0 Å². The second-order valence-corrected chi connectivity index (χ2v) is 4.96. The van der Waals surface area contributed by atoms with Crippen LogP contribution >= 0.6 is 11.8 Å². The molecule has 0 N–H and O–H groups in total. The van der Waals surface area contributed by atoms with Gasteiger partial charge in [-0.25, -0.2) is 0 Å². The van der Waals surface area contributed by atoms with Crippen LogP contribution in [0, 0.1) is 0 Å². The van der Waals surface area contributed by atoms with Gasteiger partial charge in [0.2, 0.25) is 0 Å². The summed E-state index contributed by atoms with van der Waals surface area (Å²) >= 11 is 1.12. The summed E-state index contributed by atoms with van der Waals surface area (Å²) in [5.74, 6) is 0.625. The van der Waals surface area contributed by atoms with Gasteiger partial charge in [-0.3, -0.25) is 9.00 Å². The van der Waals surface area contributed by atoms with Gasteiger partial charge in [-0.2, -0.15) is 0 Å². The van der Waals surface area contributed by atoms with Crippen LogP contribution in [-0.2, 0) is 15.6 Å². The summed E-state index contributed by atoms with van der Waals surface area (Å²) in [7, 11) is -0.900. The van der Waals surface area contributed by atoms with Crippen molar-refractivity contribution in [2.75, 3.05) is 5.75 Å². The Bertz CT molecular complexity index is 306. The average Bonchev–Trinajstić information content (AvgIpc) is 2.18. The van der Waals surface area contributed by atoms with Crippen molar-refractivity contribution < 1.29 is 9.00 Å². The summed E-state index contributed by atoms with van der Waals surface area (Å²) in [4.78, 5) is 11.9. The van der Waals surface area contributed by atoms with Gasteiger partial charge in [0.05, 0.1) is 10.8 Å². The number of benzene rings is 1. The molecule has 0 saturated heterocycles. The van der Waals surface area contributed by atoms with Crippen molar-refractivity contribution >= 4 is 28.2 Å². The van der Waals surface area contributed by atoms with E-state index in [0.29, 0.717) is 5.75 Å². The second-order valence-electron chi connectivity index (χ2n) is 2.32. The van der Waals surface area contributed by atoms with Gasteiger partial charge in [0.1, 0.15) is 0 Å². The lowest BCUT2D eigenvalue weighted by Gasteiger charge is -1.99. The normalized spacial score (nSPS) is 12.4. The number of carbonyl (C=O) groups is 1. The van der Waals surface area contributed by atoms with E-state index in [-0.39, 0.29) is 0 Å². The van der Waals surface area contributed by atoms with Crippen LogP contribution in [0.1, 0.15) is 6.92 Å². The summed E-state index contributed by atoms with van der Waals surface area (Å²) < 4.78 is 11.3. The highest BCUT2D eigenvalue weighted by atomic mass is 32.2. The van der Waals surface area contributed by atoms with E-state index >= 15 is 0 Å². The predicted octanol–water partition coefficient (Wildman–Crippen LogP) is 2.10. The molecule has 0 aliphatic heterocycles.